The van der Waals surface area contributed by atoms with Crippen LogP contribution in [0.2, 0.25) is 0 Å². The van der Waals surface area contributed by atoms with Gasteiger partial charge < -0.3 is 24.3 Å². The third kappa shape index (κ3) is 4.03. The highest BCUT2D eigenvalue weighted by Crippen LogP contribution is 2.36. The maximum Gasteiger partial charge on any atom is 0.335 e. The highest BCUT2D eigenvalue weighted by Gasteiger charge is 2.37. The summed E-state index contributed by atoms with van der Waals surface area (Å²) in [7, 11) is 0. The second-order valence-corrected chi connectivity index (χ2v) is 8.54. The van der Waals surface area contributed by atoms with E-state index >= 15 is 0 Å². The molecule has 0 bridgehead atoms. The fourth-order valence-corrected chi connectivity index (χ4v) is 4.39. The number of urea groups is 1. The molecule has 1 aromatic heterocycles. The Kier molecular flexibility index (Phi) is 5.71. The summed E-state index contributed by atoms with van der Waals surface area (Å²) in [5.41, 5.74) is 1.22. The van der Waals surface area contributed by atoms with E-state index < -0.39 is 29.8 Å². The van der Waals surface area contributed by atoms with Crippen molar-refractivity contribution in [1.82, 2.24) is 9.88 Å². The van der Waals surface area contributed by atoms with Crippen molar-refractivity contribution in [3.8, 4) is 17.2 Å². The molecule has 2 aromatic carbocycles. The Balaban J connectivity index is 1.56. The smallest absolute Gasteiger partial charge is 0.335 e. The van der Waals surface area contributed by atoms with E-state index in [4.69, 9.17) is 9.47 Å². The van der Waals surface area contributed by atoms with Crippen LogP contribution in [0, 0.1) is 13.8 Å². The number of fused-ring (bicyclic) bond motifs is 1. The molecule has 0 aliphatic carbocycles. The van der Waals surface area contributed by atoms with E-state index in [1.54, 1.807) is 30.5 Å². The molecule has 0 atom stereocenters. The molecule has 0 spiro atoms. The summed E-state index contributed by atoms with van der Waals surface area (Å²) in [6, 6.07) is 8.91. The summed E-state index contributed by atoms with van der Waals surface area (Å²) in [5, 5.41) is 21.0. The second-order valence-electron chi connectivity index (χ2n) is 8.54. The Labute approximate surface area is 214 Å². The van der Waals surface area contributed by atoms with Crippen LogP contribution in [0.5, 0.6) is 11.5 Å². The molecule has 3 N–H and O–H groups in total. The van der Waals surface area contributed by atoms with Crippen molar-refractivity contribution in [3.63, 3.8) is 0 Å². The molecule has 1 fully saturated rings. The van der Waals surface area contributed by atoms with E-state index in [1.165, 1.54) is 30.3 Å². The number of benzene rings is 2. The summed E-state index contributed by atoms with van der Waals surface area (Å²) in [6.45, 7) is 3.37. The van der Waals surface area contributed by atoms with Crippen molar-refractivity contribution in [2.75, 3.05) is 11.7 Å². The highest BCUT2D eigenvalue weighted by atomic mass is 16.7. The van der Waals surface area contributed by atoms with Crippen molar-refractivity contribution in [2.24, 2.45) is 0 Å². The van der Waals surface area contributed by atoms with Gasteiger partial charge in [-0.3, -0.25) is 14.9 Å². The van der Waals surface area contributed by atoms with Crippen LogP contribution < -0.4 is 19.7 Å². The van der Waals surface area contributed by atoms with Crippen molar-refractivity contribution in [3.05, 3.63) is 76.1 Å². The Morgan fingerprint density at radius 2 is 1.55 bits per heavy atom. The maximum absolute atomic E-state index is 13.3. The van der Waals surface area contributed by atoms with Crippen LogP contribution in [0.4, 0.5) is 10.5 Å². The van der Waals surface area contributed by atoms with Crippen molar-refractivity contribution in [2.45, 2.75) is 13.8 Å². The summed E-state index contributed by atoms with van der Waals surface area (Å²) in [6.07, 6.45) is 1.32. The number of carbonyl (C=O) groups excluding carboxylic acids is 3. The number of carbonyl (C=O) groups is 5. The van der Waals surface area contributed by atoms with Gasteiger partial charge in [0.15, 0.2) is 11.5 Å². The third-order valence-corrected chi connectivity index (χ3v) is 6.16. The summed E-state index contributed by atoms with van der Waals surface area (Å²) in [4.78, 5) is 62.5. The molecule has 12 heteroatoms. The van der Waals surface area contributed by atoms with Gasteiger partial charge in [-0.05, 0) is 61.9 Å². The molecule has 0 radical (unpaired) electrons. The van der Waals surface area contributed by atoms with Gasteiger partial charge in [0.05, 0.1) is 16.8 Å². The number of nitrogens with zero attached hydrogens (tertiary/aromatic N) is 2. The monoisotopic (exact) mass is 517 g/mol. The summed E-state index contributed by atoms with van der Waals surface area (Å²) >= 11 is 0. The van der Waals surface area contributed by atoms with Gasteiger partial charge in [-0.1, -0.05) is 0 Å². The summed E-state index contributed by atoms with van der Waals surface area (Å²) in [5.74, 6) is -3.53. The average Bonchev–Trinajstić information content (AvgIpc) is 3.44. The number of aryl methyl sites for hydroxylation is 1. The molecule has 5 rings (SSSR count). The maximum atomic E-state index is 13.3. The van der Waals surface area contributed by atoms with Crippen LogP contribution in [0.15, 0.2) is 48.0 Å². The van der Waals surface area contributed by atoms with Gasteiger partial charge in [0.2, 0.25) is 6.79 Å². The molecule has 12 nitrogen and oxygen atoms in total. The molecule has 2 aliphatic rings. The van der Waals surface area contributed by atoms with E-state index in [1.807, 2.05) is 0 Å². The standard InChI is InChI=1S/C26H19N3O9/c1-12-5-14(13(2)28(12)18-7-15(24(32)33)6-16(8-18)25(34)35)9-19-22(30)27-26(36)29(23(19)31)17-3-4-20-21(10-17)38-11-37-20/h3-10H,11H2,1-2H3,(H,32,33)(H,34,35)(H,27,30,36)/b19-9+. The van der Waals surface area contributed by atoms with Gasteiger partial charge in [-0.2, -0.15) is 0 Å². The highest BCUT2D eigenvalue weighted by molar-refractivity contribution is 6.39. The molecule has 0 saturated carbocycles. The number of anilines is 1. The van der Waals surface area contributed by atoms with Crippen LogP contribution >= 0.6 is 0 Å². The molecule has 4 amide bonds. The first-order valence-corrected chi connectivity index (χ1v) is 11.2. The van der Waals surface area contributed by atoms with E-state index in [9.17, 15) is 34.2 Å². The lowest BCUT2D eigenvalue weighted by molar-refractivity contribution is -0.122. The average molecular weight is 517 g/mol. The SMILES string of the molecule is Cc1cc(/C=C2\C(=O)NC(=O)N(c3ccc4c(c3)OCO4)C2=O)c(C)n1-c1cc(C(=O)O)cc(C(=O)O)c1. The van der Waals surface area contributed by atoms with Crippen LogP contribution in [-0.2, 0) is 9.59 Å². The largest absolute Gasteiger partial charge is 0.478 e. The minimum Gasteiger partial charge on any atom is -0.478 e. The Hall–Kier alpha value is -5.39. The fourth-order valence-electron chi connectivity index (χ4n) is 4.39. The van der Waals surface area contributed by atoms with Gasteiger partial charge in [0.1, 0.15) is 5.57 Å². The summed E-state index contributed by atoms with van der Waals surface area (Å²) < 4.78 is 12.2. The number of rotatable bonds is 5. The predicted molar refractivity (Wildman–Crippen MR) is 131 cm³/mol. The third-order valence-electron chi connectivity index (χ3n) is 6.16. The van der Waals surface area contributed by atoms with E-state index in [-0.39, 0.29) is 34.9 Å². The van der Waals surface area contributed by atoms with Crippen molar-refractivity contribution < 1.29 is 43.7 Å². The quantitative estimate of drug-likeness (QED) is 0.341. The molecule has 1 saturated heterocycles. The Morgan fingerprint density at radius 1 is 0.895 bits per heavy atom. The first-order chi connectivity index (χ1) is 18.0. The number of carboxylic acid groups (broad SMARTS) is 2. The number of aromatic carboxylic acids is 2. The van der Waals surface area contributed by atoms with Gasteiger partial charge in [0, 0.05) is 23.1 Å². The molecule has 3 aromatic rings. The molecule has 192 valence electrons. The number of amides is 4. The van der Waals surface area contributed by atoms with Crippen molar-refractivity contribution in [1.29, 1.82) is 0 Å². The molecule has 38 heavy (non-hydrogen) atoms. The lowest BCUT2D eigenvalue weighted by atomic mass is 10.1. The zero-order valence-corrected chi connectivity index (χ0v) is 20.0. The van der Waals surface area contributed by atoms with Gasteiger partial charge in [0.25, 0.3) is 11.8 Å². The first kappa shape index (κ1) is 24.3. The Morgan fingerprint density at radius 3 is 2.21 bits per heavy atom. The minimum absolute atomic E-state index is 0.00150. The van der Waals surface area contributed by atoms with Crippen molar-refractivity contribution >= 4 is 41.5 Å². The van der Waals surface area contributed by atoms with Gasteiger partial charge >= 0.3 is 18.0 Å². The second kappa shape index (κ2) is 8.92. The fraction of sp³-hybridized carbons (Fsp3) is 0.115. The predicted octanol–water partition coefficient (Wildman–Crippen LogP) is 2.89. The number of hydrogen-bond donors (Lipinski definition) is 3. The number of nitrogens with one attached hydrogen (secondary N) is 1. The van der Waals surface area contributed by atoms with Crippen LogP contribution in [0.25, 0.3) is 11.8 Å². The zero-order chi connectivity index (χ0) is 27.3. The zero-order valence-electron chi connectivity index (χ0n) is 20.0. The number of imide groups is 2. The lowest BCUT2D eigenvalue weighted by Crippen LogP contribution is -2.54. The molecule has 2 aliphatic heterocycles. The normalized spacial score (nSPS) is 15.7. The minimum atomic E-state index is -1.29. The molecule has 0 unspecified atom stereocenters. The topological polar surface area (TPSA) is 164 Å². The number of hydrogen-bond acceptors (Lipinski definition) is 7. The van der Waals surface area contributed by atoms with E-state index in [0.717, 1.165) is 11.0 Å². The molecular formula is C26H19N3O9. The number of carboxylic acids is 2. The van der Waals surface area contributed by atoms with Crippen LogP contribution in [-0.4, -0.2) is 51.4 Å². The van der Waals surface area contributed by atoms with E-state index in [2.05, 4.69) is 5.32 Å². The number of aromatic nitrogens is 1. The number of barbiturate groups is 1. The first-order valence-electron chi connectivity index (χ1n) is 11.2. The lowest BCUT2D eigenvalue weighted by Gasteiger charge is -2.26. The molecular weight excluding hydrogens is 498 g/mol. The van der Waals surface area contributed by atoms with E-state index in [0.29, 0.717) is 28.5 Å². The van der Waals surface area contributed by atoms with Crippen LogP contribution in [0.1, 0.15) is 37.7 Å². The Bertz CT molecular complexity index is 1580. The van der Waals surface area contributed by atoms with Crippen LogP contribution in [0.3, 0.4) is 0 Å². The van der Waals surface area contributed by atoms with Gasteiger partial charge in [-0.15, -0.1) is 0 Å². The molecule has 3 heterocycles. The number of ether oxygens (including phenoxy) is 2. The van der Waals surface area contributed by atoms with Gasteiger partial charge in [-0.25, -0.2) is 19.3 Å².